The van der Waals surface area contributed by atoms with Gasteiger partial charge in [-0.3, -0.25) is 14.2 Å². The van der Waals surface area contributed by atoms with Crippen LogP contribution in [0.4, 0.5) is 0 Å². The smallest absolute Gasteiger partial charge is 0.263 e. The summed E-state index contributed by atoms with van der Waals surface area (Å²) in [6.07, 6.45) is 3.29. The predicted molar refractivity (Wildman–Crippen MR) is 107 cm³/mol. The first kappa shape index (κ1) is 17.9. The van der Waals surface area contributed by atoms with Crippen molar-refractivity contribution < 1.29 is 4.79 Å². The quantitative estimate of drug-likeness (QED) is 0.714. The maximum atomic E-state index is 13.0. The summed E-state index contributed by atoms with van der Waals surface area (Å²) in [6.45, 7) is 3.61. The van der Waals surface area contributed by atoms with E-state index in [1.54, 1.807) is 18.3 Å². The molecule has 3 aromatic heterocycles. The second-order valence-corrected chi connectivity index (χ2v) is 9.20. The number of nitriles is 1. The molecule has 0 radical (unpaired) electrons. The summed E-state index contributed by atoms with van der Waals surface area (Å²) in [5, 5.41) is 14.7. The van der Waals surface area contributed by atoms with Gasteiger partial charge in [-0.2, -0.15) is 5.26 Å². The molecule has 1 aliphatic carbocycles. The van der Waals surface area contributed by atoms with E-state index in [2.05, 4.69) is 16.4 Å². The van der Waals surface area contributed by atoms with Crippen LogP contribution in [0.2, 0.25) is 0 Å². The normalized spacial score (nSPS) is 16.0. The molecule has 3 heterocycles. The first-order valence-corrected chi connectivity index (χ1v) is 10.4. The summed E-state index contributed by atoms with van der Waals surface area (Å²) in [4.78, 5) is 32.7. The van der Waals surface area contributed by atoms with Gasteiger partial charge in [0, 0.05) is 20.7 Å². The Hall–Kier alpha value is -2.50. The number of nitrogens with one attached hydrogen (secondary N) is 1. The summed E-state index contributed by atoms with van der Waals surface area (Å²) >= 11 is 3.05. The molecule has 27 heavy (non-hydrogen) atoms. The number of aromatic nitrogens is 2. The average molecular weight is 399 g/mol. The fourth-order valence-electron chi connectivity index (χ4n) is 3.21. The molecule has 8 heteroatoms. The third-order valence-corrected chi connectivity index (χ3v) is 6.83. The molecule has 1 N–H and O–H groups in total. The monoisotopic (exact) mass is 398 g/mol. The minimum atomic E-state index is -0.875. The van der Waals surface area contributed by atoms with Crippen molar-refractivity contribution in [2.45, 2.75) is 38.8 Å². The van der Waals surface area contributed by atoms with Gasteiger partial charge in [0.25, 0.3) is 5.56 Å². The van der Waals surface area contributed by atoms with Crippen LogP contribution in [-0.2, 0) is 11.3 Å². The Morgan fingerprint density at radius 2 is 2.26 bits per heavy atom. The van der Waals surface area contributed by atoms with Crippen molar-refractivity contribution in [3.63, 3.8) is 0 Å². The van der Waals surface area contributed by atoms with E-state index in [1.807, 2.05) is 24.4 Å². The minimum absolute atomic E-state index is 0.148. The van der Waals surface area contributed by atoms with E-state index in [-0.39, 0.29) is 23.9 Å². The number of thiophene rings is 2. The highest BCUT2D eigenvalue weighted by atomic mass is 32.1. The number of rotatable bonds is 5. The zero-order valence-corrected chi connectivity index (χ0v) is 16.6. The fourth-order valence-corrected chi connectivity index (χ4v) is 5.07. The SMILES string of the molecule is Cc1ccc(-c2csc3ncn(CC(=O)N[C@](C)(C#N)C4CC4)c(=O)c23)s1. The van der Waals surface area contributed by atoms with Gasteiger partial charge >= 0.3 is 0 Å². The molecule has 4 rings (SSSR count). The number of amides is 1. The van der Waals surface area contributed by atoms with Crippen LogP contribution in [0.25, 0.3) is 20.7 Å². The number of fused-ring (bicyclic) bond motifs is 1. The highest BCUT2D eigenvalue weighted by Gasteiger charge is 2.43. The lowest BCUT2D eigenvalue weighted by molar-refractivity contribution is -0.123. The van der Waals surface area contributed by atoms with Gasteiger partial charge in [0.1, 0.15) is 16.9 Å². The molecular weight excluding hydrogens is 380 g/mol. The molecule has 1 amide bonds. The summed E-state index contributed by atoms with van der Waals surface area (Å²) in [5.41, 5.74) is -0.247. The molecule has 1 saturated carbocycles. The zero-order chi connectivity index (χ0) is 19.2. The Labute approximate surface area is 164 Å². The van der Waals surface area contributed by atoms with E-state index < -0.39 is 5.54 Å². The Bertz CT molecular complexity index is 1130. The molecule has 3 aromatic rings. The van der Waals surface area contributed by atoms with Crippen LogP contribution in [0.3, 0.4) is 0 Å². The Morgan fingerprint density at radius 3 is 2.89 bits per heavy atom. The Kier molecular flexibility index (Phi) is 4.36. The second-order valence-electron chi connectivity index (χ2n) is 7.05. The van der Waals surface area contributed by atoms with Gasteiger partial charge in [-0.25, -0.2) is 4.98 Å². The predicted octanol–water partition coefficient (Wildman–Crippen LogP) is 3.30. The highest BCUT2D eigenvalue weighted by molar-refractivity contribution is 7.19. The standard InChI is InChI=1S/C19H18N4O2S2/c1-11-3-6-14(27-11)13-8-26-17-16(13)18(25)23(10-21-17)7-15(24)22-19(2,9-20)12-4-5-12/h3,6,8,10,12H,4-5,7H2,1-2H3,(H,22,24)/t19-/m1/s1. The van der Waals surface area contributed by atoms with Gasteiger partial charge in [0.2, 0.25) is 5.91 Å². The van der Waals surface area contributed by atoms with E-state index in [9.17, 15) is 14.9 Å². The van der Waals surface area contributed by atoms with Gasteiger partial charge < -0.3 is 5.32 Å². The van der Waals surface area contributed by atoms with Crippen molar-refractivity contribution in [3.05, 3.63) is 39.1 Å². The summed E-state index contributed by atoms with van der Waals surface area (Å²) in [6, 6.07) is 6.22. The number of carbonyl (C=O) groups excluding carboxylic acids is 1. The lowest BCUT2D eigenvalue weighted by Crippen LogP contribution is -2.48. The number of carbonyl (C=O) groups is 1. The lowest BCUT2D eigenvalue weighted by Gasteiger charge is -2.23. The zero-order valence-electron chi connectivity index (χ0n) is 15.0. The first-order valence-electron chi connectivity index (χ1n) is 8.67. The molecule has 1 atom stereocenters. The van der Waals surface area contributed by atoms with Crippen LogP contribution in [0.5, 0.6) is 0 Å². The molecule has 0 unspecified atom stereocenters. The summed E-state index contributed by atoms with van der Waals surface area (Å²) < 4.78 is 1.32. The molecular formula is C19H18N4O2S2. The largest absolute Gasteiger partial charge is 0.336 e. The Morgan fingerprint density at radius 1 is 1.48 bits per heavy atom. The van der Waals surface area contributed by atoms with Crippen LogP contribution in [-0.4, -0.2) is 21.0 Å². The number of nitrogens with zero attached hydrogens (tertiary/aromatic N) is 3. The van der Waals surface area contributed by atoms with E-state index in [0.29, 0.717) is 10.2 Å². The van der Waals surface area contributed by atoms with Crippen molar-refractivity contribution >= 4 is 38.8 Å². The number of aryl methyl sites for hydroxylation is 1. The van der Waals surface area contributed by atoms with Gasteiger partial charge in [0.15, 0.2) is 0 Å². The number of hydrogen-bond acceptors (Lipinski definition) is 6. The maximum Gasteiger partial charge on any atom is 0.263 e. The highest BCUT2D eigenvalue weighted by Crippen LogP contribution is 2.39. The van der Waals surface area contributed by atoms with Gasteiger partial charge in [-0.05, 0) is 44.7 Å². The van der Waals surface area contributed by atoms with Crippen LogP contribution in [0, 0.1) is 24.2 Å². The molecule has 6 nitrogen and oxygen atoms in total. The van der Waals surface area contributed by atoms with Gasteiger partial charge in [0.05, 0.1) is 17.8 Å². The molecule has 0 saturated heterocycles. The molecule has 0 spiro atoms. The van der Waals surface area contributed by atoms with E-state index in [0.717, 1.165) is 23.3 Å². The maximum absolute atomic E-state index is 13.0. The molecule has 1 fully saturated rings. The Balaban J connectivity index is 1.65. The topological polar surface area (TPSA) is 87.8 Å². The van der Waals surface area contributed by atoms with Gasteiger partial charge in [-0.15, -0.1) is 22.7 Å². The van der Waals surface area contributed by atoms with Crippen molar-refractivity contribution in [2.24, 2.45) is 5.92 Å². The first-order chi connectivity index (χ1) is 12.9. The summed E-state index contributed by atoms with van der Waals surface area (Å²) in [5.74, 6) is -0.160. The molecule has 0 aliphatic heterocycles. The van der Waals surface area contributed by atoms with Crippen LogP contribution in [0.15, 0.2) is 28.6 Å². The van der Waals surface area contributed by atoms with Crippen molar-refractivity contribution in [3.8, 4) is 16.5 Å². The summed E-state index contributed by atoms with van der Waals surface area (Å²) in [7, 11) is 0. The van der Waals surface area contributed by atoms with Crippen LogP contribution in [0.1, 0.15) is 24.6 Å². The van der Waals surface area contributed by atoms with E-state index in [1.165, 1.54) is 27.1 Å². The average Bonchev–Trinajstić information content (AvgIpc) is 3.28. The third-order valence-electron chi connectivity index (χ3n) is 4.91. The third kappa shape index (κ3) is 3.29. The van der Waals surface area contributed by atoms with E-state index in [4.69, 9.17) is 0 Å². The second kappa shape index (κ2) is 6.59. The van der Waals surface area contributed by atoms with Gasteiger partial charge in [-0.1, -0.05) is 0 Å². The van der Waals surface area contributed by atoms with Crippen molar-refractivity contribution in [1.82, 2.24) is 14.9 Å². The number of hydrogen-bond donors (Lipinski definition) is 1. The molecule has 0 bridgehead atoms. The molecule has 0 aromatic carbocycles. The van der Waals surface area contributed by atoms with Crippen molar-refractivity contribution in [2.75, 3.05) is 0 Å². The van der Waals surface area contributed by atoms with Crippen LogP contribution >= 0.6 is 22.7 Å². The molecule has 138 valence electrons. The lowest BCUT2D eigenvalue weighted by atomic mass is 9.98. The minimum Gasteiger partial charge on any atom is -0.336 e. The fraction of sp³-hybridized carbons (Fsp3) is 0.368. The van der Waals surface area contributed by atoms with Crippen LogP contribution < -0.4 is 10.9 Å². The van der Waals surface area contributed by atoms with E-state index >= 15 is 0 Å². The molecule has 1 aliphatic rings. The van der Waals surface area contributed by atoms with Crippen molar-refractivity contribution in [1.29, 1.82) is 5.26 Å².